The molecule has 0 rings (SSSR count). The van der Waals surface area contributed by atoms with Gasteiger partial charge in [-0.1, -0.05) is 200 Å². The van der Waals surface area contributed by atoms with Gasteiger partial charge in [-0.25, -0.2) is 0 Å². The molecule has 0 spiro atoms. The fraction of sp³-hybridized carbons (Fsp3) is 0.972. The van der Waals surface area contributed by atoms with Crippen LogP contribution in [0.15, 0.2) is 0 Å². The molecule has 0 bridgehead atoms. The molecule has 0 amide bonds. The highest BCUT2D eigenvalue weighted by atomic mass is 32.2. The van der Waals surface area contributed by atoms with Gasteiger partial charge in [-0.3, -0.25) is 0 Å². The number of unbranched alkanes of at least 4 members (excludes halogenated alkanes) is 28. The van der Waals surface area contributed by atoms with Crippen LogP contribution >= 0.6 is 11.8 Å². The van der Waals surface area contributed by atoms with Gasteiger partial charge in [-0.15, -0.1) is 0 Å². The van der Waals surface area contributed by atoms with Crippen molar-refractivity contribution in [2.24, 2.45) is 0 Å². The first-order valence-electron chi connectivity index (χ1n) is 17.9. The molecule has 0 saturated carbocycles. The maximum atomic E-state index is 11.5. The summed E-state index contributed by atoms with van der Waals surface area (Å²) in [4.78, 5) is 11.5. The molecule has 38 heavy (non-hydrogen) atoms. The van der Waals surface area contributed by atoms with Crippen molar-refractivity contribution in [3.63, 3.8) is 0 Å². The van der Waals surface area contributed by atoms with E-state index < -0.39 is 0 Å². The Labute approximate surface area is 246 Å². The minimum atomic E-state index is 0.253. The van der Waals surface area contributed by atoms with E-state index in [4.69, 9.17) is 0 Å². The number of carbonyl (C=O) groups excluding carboxylic acids is 1. The van der Waals surface area contributed by atoms with Crippen LogP contribution < -0.4 is 0 Å². The highest BCUT2D eigenvalue weighted by Crippen LogP contribution is 2.20. The van der Waals surface area contributed by atoms with Gasteiger partial charge in [0, 0.05) is 0 Å². The van der Waals surface area contributed by atoms with Gasteiger partial charge in [0.05, 0.1) is 5.25 Å². The van der Waals surface area contributed by atoms with Crippen LogP contribution in [0.25, 0.3) is 0 Å². The zero-order valence-corrected chi connectivity index (χ0v) is 27.4. The van der Waals surface area contributed by atoms with Crippen molar-refractivity contribution < 1.29 is 4.79 Å². The van der Waals surface area contributed by atoms with E-state index in [0.29, 0.717) is 0 Å². The van der Waals surface area contributed by atoms with Crippen LogP contribution in [0.3, 0.4) is 0 Å². The van der Waals surface area contributed by atoms with Crippen LogP contribution in [0, 0.1) is 0 Å². The zero-order valence-electron chi connectivity index (χ0n) is 26.6. The maximum Gasteiger partial charge on any atom is 0.132 e. The van der Waals surface area contributed by atoms with Crippen LogP contribution in [0.4, 0.5) is 0 Å². The highest BCUT2D eigenvalue weighted by molar-refractivity contribution is 8.00. The summed E-state index contributed by atoms with van der Waals surface area (Å²) in [5.74, 6) is 1.18. The molecule has 0 aliphatic heterocycles. The topological polar surface area (TPSA) is 17.1 Å². The van der Waals surface area contributed by atoms with E-state index in [1.54, 1.807) is 0 Å². The van der Waals surface area contributed by atoms with Crippen LogP contribution in [0.2, 0.25) is 0 Å². The Kier molecular flexibility index (Phi) is 35.1. The second kappa shape index (κ2) is 35.0. The lowest BCUT2D eigenvalue weighted by Crippen LogP contribution is -2.05. The van der Waals surface area contributed by atoms with E-state index >= 15 is 0 Å². The summed E-state index contributed by atoms with van der Waals surface area (Å²) in [7, 11) is 0. The van der Waals surface area contributed by atoms with Crippen LogP contribution in [0.1, 0.15) is 213 Å². The molecule has 1 unspecified atom stereocenters. The number of rotatable bonds is 34. The summed E-state index contributed by atoms with van der Waals surface area (Å²) in [5.41, 5.74) is 0. The third-order valence-electron chi connectivity index (χ3n) is 8.32. The lowest BCUT2D eigenvalue weighted by Gasteiger charge is -2.10. The Morgan fingerprint density at radius 2 is 0.658 bits per heavy atom. The minimum Gasteiger partial charge on any atom is -0.302 e. The first-order chi connectivity index (χ1) is 18.8. The number of aldehydes is 1. The van der Waals surface area contributed by atoms with Crippen molar-refractivity contribution >= 4 is 18.0 Å². The third kappa shape index (κ3) is 32.2. The summed E-state index contributed by atoms with van der Waals surface area (Å²) < 4.78 is 0. The van der Waals surface area contributed by atoms with Gasteiger partial charge in [-0.05, 0) is 18.6 Å². The number of carbonyl (C=O) groups is 1. The van der Waals surface area contributed by atoms with E-state index in [2.05, 4.69) is 13.8 Å². The zero-order chi connectivity index (χ0) is 27.6. The van der Waals surface area contributed by atoms with Crippen molar-refractivity contribution in [2.75, 3.05) is 5.75 Å². The first kappa shape index (κ1) is 38.0. The second-order valence-corrected chi connectivity index (χ2v) is 13.6. The molecular formula is C36H72OS. The summed E-state index contributed by atoms with van der Waals surface area (Å²) in [6.45, 7) is 4.59. The van der Waals surface area contributed by atoms with Gasteiger partial charge in [0.1, 0.15) is 6.29 Å². The predicted octanol–water partition coefficient (Wildman–Crippen LogP) is 13.4. The molecule has 0 N–H and O–H groups in total. The fourth-order valence-electron chi connectivity index (χ4n) is 5.62. The number of hydrogen-bond acceptors (Lipinski definition) is 2. The van der Waals surface area contributed by atoms with E-state index in [9.17, 15) is 4.79 Å². The Morgan fingerprint density at radius 3 is 0.947 bits per heavy atom. The molecule has 0 fully saturated rings. The monoisotopic (exact) mass is 553 g/mol. The quantitative estimate of drug-likeness (QED) is 0.0583. The SMILES string of the molecule is CCCCCCCCCCCCCCCCCCSC(C=O)CCCCCCCCCCCCCCCC. The lowest BCUT2D eigenvalue weighted by molar-refractivity contribution is -0.107. The summed E-state index contributed by atoms with van der Waals surface area (Å²) in [6.07, 6.45) is 44.8. The molecule has 0 aromatic rings. The van der Waals surface area contributed by atoms with Gasteiger partial charge in [0.2, 0.25) is 0 Å². The Morgan fingerprint density at radius 1 is 0.395 bits per heavy atom. The molecule has 1 atom stereocenters. The molecule has 0 heterocycles. The molecule has 2 heteroatoms. The van der Waals surface area contributed by atoms with Crippen LogP contribution in [0.5, 0.6) is 0 Å². The molecule has 0 aliphatic carbocycles. The van der Waals surface area contributed by atoms with E-state index in [1.165, 1.54) is 205 Å². The summed E-state index contributed by atoms with van der Waals surface area (Å²) >= 11 is 1.93. The second-order valence-electron chi connectivity index (χ2n) is 12.2. The van der Waals surface area contributed by atoms with Gasteiger partial charge in [-0.2, -0.15) is 11.8 Å². The third-order valence-corrected chi connectivity index (χ3v) is 9.62. The summed E-state index contributed by atoms with van der Waals surface area (Å²) in [5, 5.41) is 0.253. The van der Waals surface area contributed by atoms with Crippen molar-refractivity contribution in [3.05, 3.63) is 0 Å². The predicted molar refractivity (Wildman–Crippen MR) is 177 cm³/mol. The fourth-order valence-corrected chi connectivity index (χ4v) is 6.70. The van der Waals surface area contributed by atoms with E-state index in [-0.39, 0.29) is 5.25 Å². The van der Waals surface area contributed by atoms with Crippen LogP contribution in [-0.4, -0.2) is 17.3 Å². The van der Waals surface area contributed by atoms with Gasteiger partial charge >= 0.3 is 0 Å². The molecule has 0 aromatic carbocycles. The molecule has 0 aromatic heterocycles. The minimum absolute atomic E-state index is 0.253. The molecule has 1 nitrogen and oxygen atoms in total. The Balaban J connectivity index is 3.25. The van der Waals surface area contributed by atoms with Gasteiger partial charge in [0.25, 0.3) is 0 Å². The van der Waals surface area contributed by atoms with E-state index in [0.717, 1.165) is 6.42 Å². The number of hydrogen-bond donors (Lipinski definition) is 0. The Bertz CT molecular complexity index is 424. The maximum absolute atomic E-state index is 11.5. The smallest absolute Gasteiger partial charge is 0.132 e. The standard InChI is InChI=1S/C36H72OS/c1-3-5-7-9-11-13-15-17-19-20-22-24-26-28-30-32-34-38-36(35-37)33-31-29-27-25-23-21-18-16-14-12-10-8-6-4-2/h35-36H,3-34H2,1-2H3. The van der Waals surface area contributed by atoms with Crippen molar-refractivity contribution in [3.8, 4) is 0 Å². The summed E-state index contributed by atoms with van der Waals surface area (Å²) in [6, 6.07) is 0. The number of thioether (sulfide) groups is 1. The normalized spacial score (nSPS) is 12.3. The van der Waals surface area contributed by atoms with Crippen molar-refractivity contribution in [1.82, 2.24) is 0 Å². The first-order valence-corrected chi connectivity index (χ1v) is 19.0. The van der Waals surface area contributed by atoms with Crippen molar-refractivity contribution in [1.29, 1.82) is 0 Å². The van der Waals surface area contributed by atoms with Gasteiger partial charge < -0.3 is 4.79 Å². The molecule has 228 valence electrons. The van der Waals surface area contributed by atoms with Crippen LogP contribution in [-0.2, 0) is 4.79 Å². The van der Waals surface area contributed by atoms with Crippen molar-refractivity contribution in [2.45, 2.75) is 218 Å². The molecule has 0 aliphatic rings. The average molecular weight is 553 g/mol. The molecular weight excluding hydrogens is 480 g/mol. The molecule has 0 saturated heterocycles. The lowest BCUT2D eigenvalue weighted by atomic mass is 10.0. The van der Waals surface area contributed by atoms with E-state index in [1.807, 2.05) is 11.8 Å². The highest BCUT2D eigenvalue weighted by Gasteiger charge is 2.07. The molecule has 0 radical (unpaired) electrons. The average Bonchev–Trinajstić information content (AvgIpc) is 2.93. The van der Waals surface area contributed by atoms with Gasteiger partial charge in [0.15, 0.2) is 0 Å². The Hall–Kier alpha value is 0.0200. The largest absolute Gasteiger partial charge is 0.302 e.